The van der Waals surface area contributed by atoms with E-state index in [4.69, 9.17) is 39.5 Å². The smallest absolute Gasteiger partial charge is 0.253 e. The third kappa shape index (κ3) is 4.32. The number of hydrogen-bond acceptors (Lipinski definition) is 3. The number of ether oxygens (including phenoxy) is 1. The summed E-state index contributed by atoms with van der Waals surface area (Å²) in [6.07, 6.45) is 2.19. The van der Waals surface area contributed by atoms with Gasteiger partial charge in [0.2, 0.25) is 0 Å². The van der Waals surface area contributed by atoms with Gasteiger partial charge in [-0.1, -0.05) is 73.8 Å². The maximum atomic E-state index is 13.8. The summed E-state index contributed by atoms with van der Waals surface area (Å²) >= 11 is 19.4. The molecule has 1 N–H and O–H groups in total. The molecule has 0 saturated heterocycles. The van der Waals surface area contributed by atoms with Crippen LogP contribution < -0.4 is 10.1 Å². The second-order valence-electron chi connectivity index (χ2n) is 9.77. The zero-order chi connectivity index (χ0) is 25.8. The van der Waals surface area contributed by atoms with Crippen LogP contribution in [0, 0.1) is 5.82 Å². The Bertz CT molecular complexity index is 1490. The van der Waals surface area contributed by atoms with Gasteiger partial charge in [0.1, 0.15) is 11.6 Å². The Kier molecular flexibility index (Phi) is 6.39. The van der Waals surface area contributed by atoms with Gasteiger partial charge in [-0.05, 0) is 35.2 Å². The predicted octanol–water partition coefficient (Wildman–Crippen LogP) is 7.65. The average molecular weight is 547 g/mol. The Hall–Kier alpha value is -2.80. The fraction of sp³-hybridized carbons (Fsp3) is 0.259. The molecular weight excluding hydrogens is 524 g/mol. The maximum Gasteiger partial charge on any atom is 0.253 e. The molecule has 5 rings (SSSR count). The first-order chi connectivity index (χ1) is 17.1. The molecule has 0 fully saturated rings. The number of carbonyl (C=O) groups is 1. The van der Waals surface area contributed by atoms with Gasteiger partial charge >= 0.3 is 0 Å². The van der Waals surface area contributed by atoms with E-state index in [0.717, 1.165) is 16.9 Å². The molecule has 0 unspecified atom stereocenters. The van der Waals surface area contributed by atoms with Crippen molar-refractivity contribution in [1.29, 1.82) is 0 Å². The summed E-state index contributed by atoms with van der Waals surface area (Å²) in [5.74, 6) is -0.0224. The quantitative estimate of drug-likeness (QED) is 0.287. The molecule has 186 valence electrons. The fourth-order valence-corrected chi connectivity index (χ4v) is 5.69. The molecule has 0 aliphatic carbocycles. The molecule has 2 aromatic heterocycles. The number of halogens is 4. The second-order valence-corrected chi connectivity index (χ2v) is 11.0. The minimum atomic E-state index is -0.553. The third-order valence-electron chi connectivity index (χ3n) is 6.26. The summed E-state index contributed by atoms with van der Waals surface area (Å²) in [4.78, 5) is 13.6. The fourth-order valence-electron chi connectivity index (χ4n) is 4.77. The van der Waals surface area contributed by atoms with Crippen LogP contribution in [0.25, 0.3) is 16.8 Å². The van der Waals surface area contributed by atoms with Crippen LogP contribution >= 0.6 is 34.8 Å². The highest BCUT2D eigenvalue weighted by atomic mass is 35.5. The molecule has 1 atom stereocenters. The van der Waals surface area contributed by atoms with Gasteiger partial charge in [-0.15, -0.1) is 0 Å². The summed E-state index contributed by atoms with van der Waals surface area (Å²) in [6.45, 7) is 6.56. The SMILES string of the molecule is CC(C)(C)c1c(C(=O)N[C@H]2CCOc3ccccc32)cnn2c(-c3c(Cl)cc(F)cc3Cl)c(Cl)cc12. The molecule has 0 bridgehead atoms. The predicted molar refractivity (Wildman–Crippen MR) is 141 cm³/mol. The summed E-state index contributed by atoms with van der Waals surface area (Å²) in [6, 6.07) is 11.6. The average Bonchev–Trinajstić information content (AvgIpc) is 3.13. The van der Waals surface area contributed by atoms with Crippen molar-refractivity contribution in [3.8, 4) is 17.0 Å². The second kappa shape index (κ2) is 9.25. The van der Waals surface area contributed by atoms with Crippen LogP contribution in [0.2, 0.25) is 15.1 Å². The van der Waals surface area contributed by atoms with Crippen molar-refractivity contribution in [2.45, 2.75) is 38.6 Å². The molecule has 4 aromatic rings. The van der Waals surface area contributed by atoms with Crippen LogP contribution in [0.1, 0.15) is 54.7 Å². The largest absolute Gasteiger partial charge is 0.493 e. The van der Waals surface area contributed by atoms with E-state index in [1.807, 2.05) is 45.0 Å². The lowest BCUT2D eigenvalue weighted by Crippen LogP contribution is -2.34. The van der Waals surface area contributed by atoms with Crippen LogP contribution in [0.15, 0.2) is 48.7 Å². The van der Waals surface area contributed by atoms with Crippen molar-refractivity contribution in [3.63, 3.8) is 0 Å². The van der Waals surface area contributed by atoms with Gasteiger partial charge in [-0.25, -0.2) is 8.91 Å². The summed E-state index contributed by atoms with van der Waals surface area (Å²) in [7, 11) is 0. The van der Waals surface area contributed by atoms with Crippen LogP contribution in [0.3, 0.4) is 0 Å². The van der Waals surface area contributed by atoms with E-state index in [9.17, 15) is 9.18 Å². The molecule has 1 aliphatic rings. The van der Waals surface area contributed by atoms with Gasteiger partial charge in [0.05, 0.1) is 50.7 Å². The highest BCUT2D eigenvalue weighted by Crippen LogP contribution is 2.43. The number of hydrogen-bond donors (Lipinski definition) is 1. The number of nitrogens with zero attached hydrogens (tertiary/aromatic N) is 2. The highest BCUT2D eigenvalue weighted by Gasteiger charge is 2.31. The van der Waals surface area contributed by atoms with Gasteiger partial charge < -0.3 is 10.1 Å². The Morgan fingerprint density at radius 2 is 1.81 bits per heavy atom. The molecule has 36 heavy (non-hydrogen) atoms. The van der Waals surface area contributed by atoms with Gasteiger partial charge in [0, 0.05) is 17.5 Å². The topological polar surface area (TPSA) is 55.6 Å². The lowest BCUT2D eigenvalue weighted by atomic mass is 9.83. The molecule has 5 nitrogen and oxygen atoms in total. The van der Waals surface area contributed by atoms with E-state index in [0.29, 0.717) is 40.4 Å². The number of nitrogens with one attached hydrogen (secondary N) is 1. The van der Waals surface area contributed by atoms with Crippen molar-refractivity contribution in [2.24, 2.45) is 0 Å². The molecule has 2 aromatic carbocycles. The van der Waals surface area contributed by atoms with Crippen molar-refractivity contribution >= 4 is 46.2 Å². The molecule has 1 amide bonds. The zero-order valence-corrected chi connectivity index (χ0v) is 22.1. The number of aromatic nitrogens is 2. The Labute approximate surface area is 223 Å². The Morgan fingerprint density at radius 1 is 1.11 bits per heavy atom. The molecule has 0 radical (unpaired) electrons. The first-order valence-corrected chi connectivity index (χ1v) is 12.6. The Balaban J connectivity index is 1.64. The number of rotatable bonds is 3. The van der Waals surface area contributed by atoms with Gasteiger partial charge in [-0.3, -0.25) is 4.79 Å². The lowest BCUT2D eigenvalue weighted by molar-refractivity contribution is 0.0922. The van der Waals surface area contributed by atoms with E-state index >= 15 is 0 Å². The minimum absolute atomic E-state index is 0.112. The number of fused-ring (bicyclic) bond motifs is 2. The van der Waals surface area contributed by atoms with Crippen molar-refractivity contribution in [1.82, 2.24) is 14.9 Å². The van der Waals surface area contributed by atoms with Crippen molar-refractivity contribution < 1.29 is 13.9 Å². The molecule has 9 heteroatoms. The van der Waals surface area contributed by atoms with E-state index in [2.05, 4.69) is 10.4 Å². The molecular formula is C27H23Cl3FN3O2. The first-order valence-electron chi connectivity index (χ1n) is 11.4. The molecule has 0 saturated carbocycles. The van der Waals surface area contributed by atoms with Gasteiger partial charge in [0.25, 0.3) is 5.91 Å². The minimum Gasteiger partial charge on any atom is -0.493 e. The maximum absolute atomic E-state index is 13.8. The normalized spacial score (nSPS) is 15.5. The van der Waals surface area contributed by atoms with E-state index in [1.165, 1.54) is 18.3 Å². The summed E-state index contributed by atoms with van der Waals surface area (Å²) in [5, 5.41) is 8.27. The van der Waals surface area contributed by atoms with Gasteiger partial charge in [0.15, 0.2) is 0 Å². The van der Waals surface area contributed by atoms with Crippen molar-refractivity contribution in [3.05, 3.63) is 86.2 Å². The summed E-state index contributed by atoms with van der Waals surface area (Å²) < 4.78 is 21.2. The van der Waals surface area contributed by atoms with E-state index in [-0.39, 0.29) is 22.0 Å². The third-order valence-corrected chi connectivity index (χ3v) is 7.14. The monoisotopic (exact) mass is 545 g/mol. The standard InChI is InChI=1S/C27H23Cl3FN3O2/c1-27(2,3)24-16(26(35)33-20-8-9-36-22-7-5-4-6-15(20)22)13-32-34-21(24)12-19(30)25(34)23-17(28)10-14(31)11-18(23)29/h4-7,10-13,20H,8-9H2,1-3H3,(H,33,35)/t20-/m0/s1. The first kappa shape index (κ1) is 24.9. The van der Waals surface area contributed by atoms with Gasteiger partial charge in [-0.2, -0.15) is 5.10 Å². The van der Waals surface area contributed by atoms with Crippen LogP contribution in [0.5, 0.6) is 5.75 Å². The highest BCUT2D eigenvalue weighted by molar-refractivity contribution is 6.41. The summed E-state index contributed by atoms with van der Waals surface area (Å²) in [5.41, 5.74) is 3.13. The van der Waals surface area contributed by atoms with E-state index < -0.39 is 11.2 Å². The number of benzene rings is 2. The van der Waals surface area contributed by atoms with Crippen LogP contribution in [0.4, 0.5) is 4.39 Å². The molecule has 1 aliphatic heterocycles. The van der Waals surface area contributed by atoms with Crippen LogP contribution in [-0.2, 0) is 5.41 Å². The zero-order valence-electron chi connectivity index (χ0n) is 19.8. The lowest BCUT2D eigenvalue weighted by Gasteiger charge is -2.28. The van der Waals surface area contributed by atoms with Crippen LogP contribution in [-0.4, -0.2) is 22.1 Å². The molecule has 0 spiro atoms. The number of amides is 1. The Morgan fingerprint density at radius 3 is 2.50 bits per heavy atom. The number of para-hydroxylation sites is 1. The number of carbonyl (C=O) groups excluding carboxylic acids is 1. The van der Waals surface area contributed by atoms with E-state index in [1.54, 1.807) is 10.6 Å². The van der Waals surface area contributed by atoms with Crippen molar-refractivity contribution in [2.75, 3.05) is 6.61 Å². The molecule has 3 heterocycles.